The molecule has 1 amide bonds. The maximum absolute atomic E-state index is 13.0. The zero-order valence-electron chi connectivity index (χ0n) is 15.8. The quantitative estimate of drug-likeness (QED) is 0.805. The van der Waals surface area contributed by atoms with Crippen molar-refractivity contribution < 1.29 is 9.32 Å². The molecule has 2 fully saturated rings. The molecule has 6 nitrogen and oxygen atoms in total. The Balaban J connectivity index is 1.41. The second-order valence-electron chi connectivity index (χ2n) is 7.65. The predicted octanol–water partition coefficient (Wildman–Crippen LogP) is 2.62. The normalized spacial score (nSPS) is 19.3. The number of nitrogens with zero attached hydrogens (tertiary/aromatic N) is 4. The van der Waals surface area contributed by atoms with Crippen LogP contribution in [-0.4, -0.2) is 78.6 Å². The van der Waals surface area contributed by atoms with Crippen molar-refractivity contribution in [3.63, 3.8) is 0 Å². The standard InChI is InChI=1S/C20H25ClN4O2/c1-14-18(19(22-27-14)16-4-3-5-17(21)10-16)20(26)25-12-15(13-25)11-24-8-6-23(2)7-9-24/h3-5,10,15H,6-9,11-13H2,1-2H3. The Labute approximate surface area is 164 Å². The molecule has 3 heterocycles. The molecule has 0 spiro atoms. The van der Waals surface area contributed by atoms with Gasteiger partial charge in [-0.2, -0.15) is 0 Å². The summed E-state index contributed by atoms with van der Waals surface area (Å²) in [6, 6.07) is 7.36. The Kier molecular flexibility index (Phi) is 5.21. The van der Waals surface area contributed by atoms with Crippen LogP contribution >= 0.6 is 11.6 Å². The van der Waals surface area contributed by atoms with E-state index in [1.807, 2.05) is 23.1 Å². The van der Waals surface area contributed by atoms with E-state index in [1.165, 1.54) is 0 Å². The lowest BCUT2D eigenvalue weighted by atomic mass is 9.96. The summed E-state index contributed by atoms with van der Waals surface area (Å²) in [5, 5.41) is 4.73. The van der Waals surface area contributed by atoms with Gasteiger partial charge in [0, 0.05) is 62.3 Å². The number of hydrogen-bond acceptors (Lipinski definition) is 5. The van der Waals surface area contributed by atoms with E-state index < -0.39 is 0 Å². The van der Waals surface area contributed by atoms with Gasteiger partial charge in [-0.1, -0.05) is 28.9 Å². The van der Waals surface area contributed by atoms with E-state index in [0.29, 0.717) is 28.0 Å². The van der Waals surface area contributed by atoms with Gasteiger partial charge in [-0.15, -0.1) is 0 Å². The van der Waals surface area contributed by atoms with E-state index >= 15 is 0 Å². The number of hydrogen-bond donors (Lipinski definition) is 0. The molecule has 2 aliphatic heterocycles. The summed E-state index contributed by atoms with van der Waals surface area (Å²) >= 11 is 6.09. The third-order valence-electron chi connectivity index (χ3n) is 5.53. The molecule has 2 saturated heterocycles. The van der Waals surface area contributed by atoms with Crippen LogP contribution in [0.5, 0.6) is 0 Å². The molecule has 1 aromatic carbocycles. The number of amides is 1. The molecule has 0 N–H and O–H groups in total. The smallest absolute Gasteiger partial charge is 0.259 e. The van der Waals surface area contributed by atoms with Gasteiger partial charge in [0.2, 0.25) is 0 Å². The number of carbonyl (C=O) groups excluding carboxylic acids is 1. The Morgan fingerprint density at radius 2 is 2.00 bits per heavy atom. The van der Waals surface area contributed by atoms with Gasteiger partial charge in [0.25, 0.3) is 5.91 Å². The van der Waals surface area contributed by atoms with Crippen molar-refractivity contribution in [1.29, 1.82) is 0 Å². The molecular weight excluding hydrogens is 364 g/mol. The van der Waals surface area contributed by atoms with Crippen LogP contribution in [0.15, 0.2) is 28.8 Å². The zero-order chi connectivity index (χ0) is 19.0. The molecule has 2 aliphatic rings. The van der Waals surface area contributed by atoms with E-state index in [-0.39, 0.29) is 5.91 Å². The number of aromatic nitrogens is 1. The Morgan fingerprint density at radius 1 is 1.26 bits per heavy atom. The summed E-state index contributed by atoms with van der Waals surface area (Å²) in [5.41, 5.74) is 1.93. The number of halogens is 1. The van der Waals surface area contributed by atoms with Crippen LogP contribution in [-0.2, 0) is 0 Å². The third kappa shape index (κ3) is 3.88. The molecule has 27 heavy (non-hydrogen) atoms. The highest BCUT2D eigenvalue weighted by atomic mass is 35.5. The van der Waals surface area contributed by atoms with Crippen LogP contribution in [0.3, 0.4) is 0 Å². The average molecular weight is 389 g/mol. The Bertz CT molecular complexity index is 823. The van der Waals surface area contributed by atoms with Crippen molar-refractivity contribution in [3.05, 3.63) is 40.6 Å². The van der Waals surface area contributed by atoms with Crippen LogP contribution in [0.4, 0.5) is 0 Å². The number of piperazine rings is 1. The first-order valence-corrected chi connectivity index (χ1v) is 9.81. The fourth-order valence-corrected chi connectivity index (χ4v) is 4.05. The lowest BCUT2D eigenvalue weighted by Crippen LogP contribution is -2.56. The van der Waals surface area contributed by atoms with Crippen molar-refractivity contribution in [2.45, 2.75) is 6.92 Å². The van der Waals surface area contributed by atoms with Crippen molar-refractivity contribution in [2.75, 3.05) is 52.9 Å². The lowest BCUT2D eigenvalue weighted by Gasteiger charge is -2.43. The molecule has 0 saturated carbocycles. The van der Waals surface area contributed by atoms with Crippen LogP contribution < -0.4 is 0 Å². The van der Waals surface area contributed by atoms with Crippen LogP contribution in [0.25, 0.3) is 11.3 Å². The van der Waals surface area contributed by atoms with Gasteiger partial charge in [0.05, 0.1) is 0 Å². The van der Waals surface area contributed by atoms with Gasteiger partial charge >= 0.3 is 0 Å². The van der Waals surface area contributed by atoms with Gasteiger partial charge < -0.3 is 19.2 Å². The van der Waals surface area contributed by atoms with E-state index in [0.717, 1.165) is 51.4 Å². The molecule has 144 valence electrons. The number of rotatable bonds is 4. The molecular formula is C20H25ClN4O2. The third-order valence-corrected chi connectivity index (χ3v) is 5.77. The Morgan fingerprint density at radius 3 is 2.70 bits per heavy atom. The second-order valence-corrected chi connectivity index (χ2v) is 8.09. The average Bonchev–Trinajstić information content (AvgIpc) is 3.00. The molecule has 0 unspecified atom stereocenters. The fraction of sp³-hybridized carbons (Fsp3) is 0.500. The maximum Gasteiger partial charge on any atom is 0.259 e. The molecule has 0 atom stereocenters. The number of aryl methyl sites for hydroxylation is 1. The first-order chi connectivity index (χ1) is 13.0. The van der Waals surface area contributed by atoms with E-state index in [9.17, 15) is 4.79 Å². The summed E-state index contributed by atoms with van der Waals surface area (Å²) in [6.45, 7) is 8.93. The number of carbonyl (C=O) groups is 1. The second kappa shape index (κ2) is 7.62. The molecule has 0 radical (unpaired) electrons. The summed E-state index contributed by atoms with van der Waals surface area (Å²) in [7, 11) is 2.17. The molecule has 7 heteroatoms. The minimum atomic E-state index is -0.00152. The first kappa shape index (κ1) is 18.5. The van der Waals surface area contributed by atoms with Crippen molar-refractivity contribution in [1.82, 2.24) is 19.9 Å². The number of benzene rings is 1. The SMILES string of the molecule is Cc1onc(-c2cccc(Cl)c2)c1C(=O)N1CC(CN2CCN(C)CC2)C1. The first-order valence-electron chi connectivity index (χ1n) is 9.43. The highest BCUT2D eigenvalue weighted by Gasteiger charge is 2.35. The van der Waals surface area contributed by atoms with Gasteiger partial charge in [0.15, 0.2) is 0 Å². The zero-order valence-corrected chi connectivity index (χ0v) is 16.6. The van der Waals surface area contributed by atoms with Crippen LogP contribution in [0.2, 0.25) is 5.02 Å². The minimum absolute atomic E-state index is 0.00152. The van der Waals surface area contributed by atoms with Gasteiger partial charge in [-0.3, -0.25) is 4.79 Å². The summed E-state index contributed by atoms with van der Waals surface area (Å²) in [6.07, 6.45) is 0. The lowest BCUT2D eigenvalue weighted by molar-refractivity contribution is 0.0358. The fourth-order valence-electron chi connectivity index (χ4n) is 3.86. The van der Waals surface area contributed by atoms with Crippen molar-refractivity contribution in [2.24, 2.45) is 5.92 Å². The minimum Gasteiger partial charge on any atom is -0.360 e. The highest BCUT2D eigenvalue weighted by Crippen LogP contribution is 2.30. The van der Waals surface area contributed by atoms with E-state index in [4.69, 9.17) is 16.1 Å². The number of likely N-dealkylation sites (N-methyl/N-ethyl adjacent to an activating group) is 1. The summed E-state index contributed by atoms with van der Waals surface area (Å²) < 4.78 is 5.33. The largest absolute Gasteiger partial charge is 0.360 e. The van der Waals surface area contributed by atoms with Gasteiger partial charge in [-0.05, 0) is 26.1 Å². The Hall–Kier alpha value is -1.89. The maximum atomic E-state index is 13.0. The van der Waals surface area contributed by atoms with Crippen LogP contribution in [0.1, 0.15) is 16.1 Å². The van der Waals surface area contributed by atoms with Gasteiger partial charge in [0.1, 0.15) is 17.0 Å². The summed E-state index contributed by atoms with van der Waals surface area (Å²) in [4.78, 5) is 19.8. The van der Waals surface area contributed by atoms with Gasteiger partial charge in [-0.25, -0.2) is 0 Å². The van der Waals surface area contributed by atoms with E-state index in [2.05, 4.69) is 22.0 Å². The monoisotopic (exact) mass is 388 g/mol. The molecule has 0 aliphatic carbocycles. The topological polar surface area (TPSA) is 52.8 Å². The molecule has 1 aromatic heterocycles. The molecule has 4 rings (SSSR count). The number of likely N-dealkylation sites (tertiary alicyclic amines) is 1. The molecule has 0 bridgehead atoms. The van der Waals surface area contributed by atoms with Crippen molar-refractivity contribution >= 4 is 17.5 Å². The van der Waals surface area contributed by atoms with E-state index in [1.54, 1.807) is 13.0 Å². The van der Waals surface area contributed by atoms with Crippen molar-refractivity contribution in [3.8, 4) is 11.3 Å². The van der Waals surface area contributed by atoms with Crippen LogP contribution in [0, 0.1) is 12.8 Å². The molecule has 2 aromatic rings. The summed E-state index contributed by atoms with van der Waals surface area (Å²) in [5.74, 6) is 1.10. The highest BCUT2D eigenvalue weighted by molar-refractivity contribution is 6.30. The predicted molar refractivity (Wildman–Crippen MR) is 105 cm³/mol.